The Hall–Kier alpha value is -2.93. The maximum atomic E-state index is 13.8. The van der Waals surface area contributed by atoms with Crippen LogP contribution in [-0.2, 0) is 6.54 Å². The van der Waals surface area contributed by atoms with Crippen molar-refractivity contribution in [1.82, 2.24) is 4.98 Å². The van der Waals surface area contributed by atoms with Crippen molar-refractivity contribution in [2.45, 2.75) is 6.54 Å². The molecule has 0 bridgehead atoms. The Kier molecular flexibility index (Phi) is 3.48. The molecule has 3 rings (SSSR count). The predicted octanol–water partition coefficient (Wildman–Crippen LogP) is 3.86. The van der Waals surface area contributed by atoms with Crippen molar-refractivity contribution in [3.8, 4) is 6.07 Å². The summed E-state index contributed by atoms with van der Waals surface area (Å²) in [6.07, 6.45) is 1.76. The molecule has 21 heavy (non-hydrogen) atoms. The van der Waals surface area contributed by atoms with Gasteiger partial charge in [0.1, 0.15) is 5.82 Å². The fraction of sp³-hybridized carbons (Fsp3) is 0.0588. The molecule has 0 amide bonds. The number of fused-ring (bicyclic) bond motifs is 1. The van der Waals surface area contributed by atoms with Gasteiger partial charge in [0.05, 0.1) is 22.8 Å². The van der Waals surface area contributed by atoms with Gasteiger partial charge < -0.3 is 5.32 Å². The number of nitrogens with zero attached hydrogens (tertiary/aromatic N) is 2. The minimum Gasteiger partial charge on any atom is -0.379 e. The lowest BCUT2D eigenvalue weighted by Crippen LogP contribution is -2.01. The second-order valence-corrected chi connectivity index (χ2v) is 4.69. The van der Waals surface area contributed by atoms with Crippen molar-refractivity contribution in [2.24, 2.45) is 0 Å². The van der Waals surface area contributed by atoms with Crippen LogP contribution in [0.2, 0.25) is 0 Å². The highest BCUT2D eigenvalue weighted by Crippen LogP contribution is 2.18. The number of aromatic nitrogens is 1. The van der Waals surface area contributed by atoms with Gasteiger partial charge in [0.2, 0.25) is 0 Å². The molecule has 3 nitrogen and oxygen atoms in total. The number of anilines is 1. The molecule has 2 aromatic carbocycles. The first kappa shape index (κ1) is 13.1. The zero-order chi connectivity index (χ0) is 14.7. The zero-order valence-electron chi connectivity index (χ0n) is 11.2. The van der Waals surface area contributed by atoms with Crippen LogP contribution in [-0.4, -0.2) is 4.98 Å². The van der Waals surface area contributed by atoms with Crippen LogP contribution >= 0.6 is 0 Å². The van der Waals surface area contributed by atoms with E-state index in [-0.39, 0.29) is 0 Å². The first-order chi connectivity index (χ1) is 10.3. The summed E-state index contributed by atoms with van der Waals surface area (Å²) >= 11 is 0. The summed E-state index contributed by atoms with van der Waals surface area (Å²) in [6.45, 7) is 0.508. The molecule has 0 spiro atoms. The maximum Gasteiger partial charge on any atom is 0.147 e. The predicted molar refractivity (Wildman–Crippen MR) is 80.2 cm³/mol. The summed E-state index contributed by atoms with van der Waals surface area (Å²) < 4.78 is 13.8. The third-order valence-corrected chi connectivity index (χ3v) is 3.25. The lowest BCUT2D eigenvalue weighted by atomic mass is 10.1. The van der Waals surface area contributed by atoms with Gasteiger partial charge in [-0.15, -0.1) is 0 Å². The summed E-state index contributed by atoms with van der Waals surface area (Å²) in [4.78, 5) is 4.26. The standard InChI is InChI=1S/C17H12FN3/c18-15-9-12(10-19)3-6-17(15)21-11-13-4-5-16-14(8-13)2-1-7-20-16/h1-9,21H,11H2. The lowest BCUT2D eigenvalue weighted by molar-refractivity contribution is 0.629. The zero-order valence-corrected chi connectivity index (χ0v) is 11.2. The van der Waals surface area contributed by atoms with Crippen molar-refractivity contribution in [3.63, 3.8) is 0 Å². The minimum absolute atomic E-state index is 0.315. The minimum atomic E-state index is -0.420. The van der Waals surface area contributed by atoms with E-state index in [4.69, 9.17) is 5.26 Å². The van der Waals surface area contributed by atoms with Crippen LogP contribution in [0.3, 0.4) is 0 Å². The number of rotatable bonds is 3. The van der Waals surface area contributed by atoms with Gasteiger partial charge in [0.15, 0.2) is 0 Å². The molecule has 0 saturated heterocycles. The van der Waals surface area contributed by atoms with E-state index >= 15 is 0 Å². The van der Waals surface area contributed by atoms with Gasteiger partial charge >= 0.3 is 0 Å². The van der Waals surface area contributed by atoms with E-state index in [2.05, 4.69) is 10.3 Å². The van der Waals surface area contributed by atoms with Gasteiger partial charge in [-0.3, -0.25) is 4.98 Å². The monoisotopic (exact) mass is 277 g/mol. The molecule has 0 radical (unpaired) electrons. The highest BCUT2D eigenvalue weighted by atomic mass is 19.1. The first-order valence-corrected chi connectivity index (χ1v) is 6.53. The number of nitriles is 1. The molecule has 0 aliphatic carbocycles. The normalized spacial score (nSPS) is 10.3. The van der Waals surface area contributed by atoms with Crippen molar-refractivity contribution in [2.75, 3.05) is 5.32 Å². The Labute approximate surface area is 121 Å². The third kappa shape index (κ3) is 2.82. The van der Waals surface area contributed by atoms with Crippen molar-refractivity contribution in [1.29, 1.82) is 5.26 Å². The van der Waals surface area contributed by atoms with Crippen LogP contribution < -0.4 is 5.32 Å². The van der Waals surface area contributed by atoms with Crippen molar-refractivity contribution >= 4 is 16.6 Å². The van der Waals surface area contributed by atoms with Gasteiger partial charge in [-0.05, 0) is 42.0 Å². The van der Waals surface area contributed by atoms with Crippen LogP contribution in [0.25, 0.3) is 10.9 Å². The van der Waals surface area contributed by atoms with Crippen LogP contribution in [0.5, 0.6) is 0 Å². The average molecular weight is 277 g/mol. The Morgan fingerprint density at radius 2 is 2.05 bits per heavy atom. The number of hydrogen-bond donors (Lipinski definition) is 1. The van der Waals surface area contributed by atoms with E-state index < -0.39 is 5.82 Å². The maximum absolute atomic E-state index is 13.8. The highest BCUT2D eigenvalue weighted by Gasteiger charge is 2.03. The summed E-state index contributed by atoms with van der Waals surface area (Å²) in [5.41, 5.74) is 2.68. The van der Waals surface area contributed by atoms with Crippen LogP contribution in [0.1, 0.15) is 11.1 Å². The molecule has 0 unspecified atom stereocenters. The number of nitrogens with one attached hydrogen (secondary N) is 1. The van der Waals surface area contributed by atoms with Crippen LogP contribution in [0.4, 0.5) is 10.1 Å². The quantitative estimate of drug-likeness (QED) is 0.791. The molecule has 1 heterocycles. The van der Waals surface area contributed by atoms with E-state index in [1.165, 1.54) is 6.07 Å². The number of pyridine rings is 1. The SMILES string of the molecule is N#Cc1ccc(NCc2ccc3ncccc3c2)c(F)c1. The van der Waals surface area contributed by atoms with E-state index in [0.29, 0.717) is 17.8 Å². The first-order valence-electron chi connectivity index (χ1n) is 6.53. The Morgan fingerprint density at radius 1 is 1.14 bits per heavy atom. The number of hydrogen-bond acceptors (Lipinski definition) is 3. The topological polar surface area (TPSA) is 48.7 Å². The molecule has 0 fully saturated rings. The largest absolute Gasteiger partial charge is 0.379 e. The smallest absolute Gasteiger partial charge is 0.147 e. The summed E-state index contributed by atoms with van der Waals surface area (Å²) in [5, 5.41) is 12.8. The third-order valence-electron chi connectivity index (χ3n) is 3.25. The molecule has 3 aromatic rings. The van der Waals surface area contributed by atoms with Gasteiger partial charge in [-0.2, -0.15) is 5.26 Å². The van der Waals surface area contributed by atoms with Crippen LogP contribution in [0.15, 0.2) is 54.7 Å². The van der Waals surface area contributed by atoms with E-state index in [1.54, 1.807) is 18.3 Å². The molecular formula is C17H12FN3. The van der Waals surface area contributed by atoms with Crippen LogP contribution in [0, 0.1) is 17.1 Å². The summed E-state index contributed by atoms with van der Waals surface area (Å²) in [7, 11) is 0. The Bertz CT molecular complexity index is 837. The second kappa shape index (κ2) is 5.59. The van der Waals surface area contributed by atoms with Gasteiger partial charge in [-0.1, -0.05) is 12.1 Å². The lowest BCUT2D eigenvalue weighted by Gasteiger charge is -2.08. The summed E-state index contributed by atoms with van der Waals surface area (Å²) in [6, 6.07) is 16.1. The van der Waals surface area contributed by atoms with Crippen molar-refractivity contribution < 1.29 is 4.39 Å². The highest BCUT2D eigenvalue weighted by molar-refractivity contribution is 5.79. The second-order valence-electron chi connectivity index (χ2n) is 4.69. The van der Waals surface area contributed by atoms with E-state index in [0.717, 1.165) is 16.5 Å². The Balaban J connectivity index is 1.78. The molecule has 0 aliphatic rings. The molecule has 102 valence electrons. The van der Waals surface area contributed by atoms with E-state index in [1.807, 2.05) is 36.4 Å². The number of halogens is 1. The molecule has 1 N–H and O–H groups in total. The molecule has 0 aliphatic heterocycles. The average Bonchev–Trinajstić information content (AvgIpc) is 2.53. The molecule has 1 aromatic heterocycles. The molecule has 0 atom stereocenters. The molecule has 4 heteroatoms. The van der Waals surface area contributed by atoms with Crippen molar-refractivity contribution in [3.05, 3.63) is 71.7 Å². The van der Waals surface area contributed by atoms with E-state index in [9.17, 15) is 4.39 Å². The summed E-state index contributed by atoms with van der Waals surface area (Å²) in [5.74, 6) is -0.420. The molecule has 0 saturated carbocycles. The fourth-order valence-corrected chi connectivity index (χ4v) is 2.16. The molecular weight excluding hydrogens is 265 g/mol. The van der Waals surface area contributed by atoms with Gasteiger partial charge in [0.25, 0.3) is 0 Å². The fourth-order valence-electron chi connectivity index (χ4n) is 2.16. The van der Waals surface area contributed by atoms with Gasteiger partial charge in [0, 0.05) is 18.1 Å². The number of benzene rings is 2. The van der Waals surface area contributed by atoms with Gasteiger partial charge in [-0.25, -0.2) is 4.39 Å². The Morgan fingerprint density at radius 3 is 2.86 bits per heavy atom.